The van der Waals surface area contributed by atoms with Crippen LogP contribution >= 0.6 is 11.8 Å². The van der Waals surface area contributed by atoms with Gasteiger partial charge in [-0.25, -0.2) is 9.59 Å². The van der Waals surface area contributed by atoms with Gasteiger partial charge in [0.15, 0.2) is 5.78 Å². The van der Waals surface area contributed by atoms with E-state index >= 15 is 0 Å². The van der Waals surface area contributed by atoms with Crippen molar-refractivity contribution in [1.29, 1.82) is 0 Å². The highest BCUT2D eigenvalue weighted by molar-refractivity contribution is 8.00. The standard InChI is InChI=1S/C16H15NO2S.C2H2O4.H2O/c1-19-12-8-6-11(7-9-12)16-14(18)10-17-13-4-2-3-5-15(13)20-16;3-1(4)2(5)6;/h2-9,16-17H,10H2,1H3;(H,3,4)(H,5,6);1H2. The van der Waals surface area contributed by atoms with Gasteiger partial charge in [-0.3, -0.25) is 4.79 Å². The smallest absolute Gasteiger partial charge is 0.414 e. The van der Waals surface area contributed by atoms with E-state index in [4.69, 9.17) is 24.5 Å². The normalized spacial score (nSPS) is 14.9. The average molecular weight is 393 g/mol. The van der Waals surface area contributed by atoms with Gasteiger partial charge in [0.2, 0.25) is 0 Å². The van der Waals surface area contributed by atoms with E-state index in [1.165, 1.54) is 0 Å². The summed E-state index contributed by atoms with van der Waals surface area (Å²) < 4.78 is 5.16. The molecule has 5 N–H and O–H groups in total. The van der Waals surface area contributed by atoms with Crippen molar-refractivity contribution in [1.82, 2.24) is 0 Å². The Hall–Kier alpha value is -3.04. The molecule has 2 aromatic carbocycles. The fourth-order valence-corrected chi connectivity index (χ4v) is 3.40. The van der Waals surface area contributed by atoms with Gasteiger partial charge in [0, 0.05) is 10.6 Å². The van der Waals surface area contributed by atoms with Gasteiger partial charge in [0.1, 0.15) is 5.75 Å². The lowest BCUT2D eigenvalue weighted by Crippen LogP contribution is -2.17. The fourth-order valence-electron chi connectivity index (χ4n) is 2.22. The molecule has 1 aliphatic heterocycles. The predicted molar refractivity (Wildman–Crippen MR) is 100 cm³/mol. The lowest BCUT2D eigenvalue weighted by Gasteiger charge is -2.13. The summed E-state index contributed by atoms with van der Waals surface area (Å²) in [6, 6.07) is 15.7. The molecule has 0 saturated carbocycles. The first-order valence-electron chi connectivity index (χ1n) is 7.54. The Balaban J connectivity index is 0.000000456. The van der Waals surface area contributed by atoms with Crippen LogP contribution in [0.5, 0.6) is 5.75 Å². The number of nitrogens with one attached hydrogen (secondary N) is 1. The second-order valence-corrected chi connectivity index (χ2v) is 6.34. The molecule has 3 rings (SSSR count). The minimum absolute atomic E-state index is 0. The quantitative estimate of drug-likeness (QED) is 0.656. The van der Waals surface area contributed by atoms with Crippen LogP contribution in [-0.2, 0) is 14.4 Å². The summed E-state index contributed by atoms with van der Waals surface area (Å²) in [5, 5.41) is 17.8. The zero-order valence-corrected chi connectivity index (χ0v) is 15.2. The number of hydrogen-bond acceptors (Lipinski definition) is 6. The predicted octanol–water partition coefficient (Wildman–Crippen LogP) is 1.85. The molecule has 0 spiro atoms. The molecule has 1 atom stereocenters. The van der Waals surface area contributed by atoms with E-state index in [0.29, 0.717) is 6.54 Å². The third-order valence-electron chi connectivity index (χ3n) is 3.48. The number of rotatable bonds is 2. The highest BCUT2D eigenvalue weighted by Crippen LogP contribution is 2.41. The number of carbonyl (C=O) groups is 3. The second kappa shape index (κ2) is 10.2. The number of anilines is 1. The number of ether oxygens (including phenoxy) is 1. The van der Waals surface area contributed by atoms with Crippen molar-refractivity contribution in [2.24, 2.45) is 0 Å². The maximum absolute atomic E-state index is 12.3. The highest BCUT2D eigenvalue weighted by atomic mass is 32.2. The number of Topliss-reactive ketones (excluding diaryl/α,β-unsaturated/α-hetero) is 1. The summed E-state index contributed by atoms with van der Waals surface area (Å²) in [5.74, 6) is -2.65. The molecular weight excluding hydrogens is 374 g/mol. The monoisotopic (exact) mass is 393 g/mol. The van der Waals surface area contributed by atoms with Crippen LogP contribution in [0.1, 0.15) is 10.8 Å². The van der Waals surface area contributed by atoms with Crippen LogP contribution in [-0.4, -0.2) is 47.1 Å². The van der Waals surface area contributed by atoms with Crippen LogP contribution in [0.4, 0.5) is 5.69 Å². The third-order valence-corrected chi connectivity index (χ3v) is 4.86. The van der Waals surface area contributed by atoms with Gasteiger partial charge in [0.25, 0.3) is 0 Å². The first-order valence-corrected chi connectivity index (χ1v) is 8.42. The Labute approximate surface area is 159 Å². The lowest BCUT2D eigenvalue weighted by atomic mass is 10.1. The van der Waals surface area contributed by atoms with Crippen LogP contribution in [0, 0.1) is 0 Å². The lowest BCUT2D eigenvalue weighted by molar-refractivity contribution is -0.159. The summed E-state index contributed by atoms with van der Waals surface area (Å²) in [5.41, 5.74) is 2.04. The molecule has 8 nitrogen and oxygen atoms in total. The molecular formula is C18H19NO7S. The topological polar surface area (TPSA) is 144 Å². The van der Waals surface area contributed by atoms with Gasteiger partial charge in [0.05, 0.1) is 18.9 Å². The molecule has 0 aromatic heterocycles. The summed E-state index contributed by atoms with van der Waals surface area (Å²) in [6.45, 7) is 0.362. The second-order valence-electron chi connectivity index (χ2n) is 5.20. The van der Waals surface area contributed by atoms with Crippen molar-refractivity contribution >= 4 is 35.2 Å². The molecule has 1 unspecified atom stereocenters. The van der Waals surface area contributed by atoms with Crippen LogP contribution < -0.4 is 10.1 Å². The summed E-state index contributed by atoms with van der Waals surface area (Å²) >= 11 is 1.60. The maximum Gasteiger partial charge on any atom is 0.414 e. The average Bonchev–Trinajstić information content (AvgIpc) is 2.81. The first kappa shape index (κ1) is 22.0. The number of carbonyl (C=O) groups excluding carboxylic acids is 1. The van der Waals surface area contributed by atoms with Crippen molar-refractivity contribution in [3.63, 3.8) is 0 Å². The largest absolute Gasteiger partial charge is 0.497 e. The maximum atomic E-state index is 12.3. The van der Waals surface area contributed by atoms with Gasteiger partial charge in [-0.2, -0.15) is 0 Å². The van der Waals surface area contributed by atoms with Crippen molar-refractivity contribution < 1.29 is 34.8 Å². The molecule has 0 saturated heterocycles. The molecule has 0 fully saturated rings. The van der Waals surface area contributed by atoms with Gasteiger partial charge in [-0.1, -0.05) is 24.3 Å². The zero-order chi connectivity index (χ0) is 19.1. The van der Waals surface area contributed by atoms with E-state index in [1.807, 2.05) is 48.5 Å². The van der Waals surface area contributed by atoms with Gasteiger partial charge >= 0.3 is 11.9 Å². The highest BCUT2D eigenvalue weighted by Gasteiger charge is 2.25. The van der Waals surface area contributed by atoms with E-state index < -0.39 is 11.9 Å². The van der Waals surface area contributed by atoms with Gasteiger partial charge in [-0.15, -0.1) is 11.8 Å². The zero-order valence-electron chi connectivity index (χ0n) is 14.3. The molecule has 1 heterocycles. The number of carboxylic acids is 2. The van der Waals surface area contributed by atoms with E-state index in [-0.39, 0.29) is 16.5 Å². The number of thioether (sulfide) groups is 1. The van der Waals surface area contributed by atoms with Crippen LogP contribution in [0.3, 0.4) is 0 Å². The Bertz CT molecular complexity index is 796. The number of hydrogen-bond donors (Lipinski definition) is 3. The van der Waals surface area contributed by atoms with E-state index in [2.05, 4.69) is 5.32 Å². The minimum atomic E-state index is -1.82. The van der Waals surface area contributed by atoms with E-state index in [0.717, 1.165) is 21.9 Å². The van der Waals surface area contributed by atoms with Gasteiger partial charge < -0.3 is 25.7 Å². The van der Waals surface area contributed by atoms with Crippen molar-refractivity contribution in [2.45, 2.75) is 10.1 Å². The molecule has 0 aliphatic carbocycles. The van der Waals surface area contributed by atoms with Crippen molar-refractivity contribution in [3.05, 3.63) is 54.1 Å². The molecule has 144 valence electrons. The van der Waals surface area contributed by atoms with Crippen molar-refractivity contribution in [2.75, 3.05) is 19.0 Å². The summed E-state index contributed by atoms with van der Waals surface area (Å²) in [6.07, 6.45) is 0. The molecule has 0 bridgehead atoms. The SMILES string of the molecule is COc1ccc(C2Sc3ccccc3NCC2=O)cc1.O.O=C(O)C(=O)O. The van der Waals surface area contributed by atoms with E-state index in [1.54, 1.807) is 18.9 Å². The summed E-state index contributed by atoms with van der Waals surface area (Å²) in [7, 11) is 1.64. The van der Waals surface area contributed by atoms with Crippen molar-refractivity contribution in [3.8, 4) is 5.75 Å². The number of methoxy groups -OCH3 is 1. The fraction of sp³-hybridized carbons (Fsp3) is 0.167. The molecule has 27 heavy (non-hydrogen) atoms. The Kier molecular flexibility index (Phi) is 8.31. The Morgan fingerprint density at radius 1 is 1.07 bits per heavy atom. The molecule has 2 aromatic rings. The number of fused-ring (bicyclic) bond motifs is 1. The summed E-state index contributed by atoms with van der Waals surface area (Å²) in [4.78, 5) is 31.6. The first-order chi connectivity index (χ1) is 12.4. The minimum Gasteiger partial charge on any atom is -0.497 e. The van der Waals surface area contributed by atoms with Crippen LogP contribution in [0.15, 0.2) is 53.4 Å². The number of benzene rings is 2. The van der Waals surface area contributed by atoms with Gasteiger partial charge in [-0.05, 0) is 29.8 Å². The number of carboxylic acid groups (broad SMARTS) is 2. The van der Waals surface area contributed by atoms with Crippen LogP contribution in [0.2, 0.25) is 0 Å². The number of ketones is 1. The molecule has 0 radical (unpaired) electrons. The number of para-hydroxylation sites is 1. The Morgan fingerprint density at radius 2 is 1.67 bits per heavy atom. The molecule has 9 heteroatoms. The molecule has 1 aliphatic rings. The Morgan fingerprint density at radius 3 is 2.22 bits per heavy atom. The van der Waals surface area contributed by atoms with Crippen LogP contribution in [0.25, 0.3) is 0 Å². The number of aliphatic carboxylic acids is 2. The third kappa shape index (κ3) is 6.01. The molecule has 0 amide bonds. The van der Waals surface area contributed by atoms with E-state index in [9.17, 15) is 4.79 Å².